The van der Waals surface area contributed by atoms with Gasteiger partial charge in [0, 0.05) is 35.7 Å². The number of para-hydroxylation sites is 1. The van der Waals surface area contributed by atoms with Crippen molar-refractivity contribution in [2.24, 2.45) is 7.05 Å². The Bertz CT molecular complexity index is 1950. The molecule has 0 spiro atoms. The van der Waals surface area contributed by atoms with E-state index in [0.29, 0.717) is 5.52 Å². The second-order valence-electron chi connectivity index (χ2n) is 9.08. The van der Waals surface area contributed by atoms with E-state index in [4.69, 9.17) is 9.15 Å². The fourth-order valence-corrected chi connectivity index (χ4v) is 5.00. The van der Waals surface area contributed by atoms with E-state index in [9.17, 15) is 34.8 Å². The van der Waals surface area contributed by atoms with Crippen LogP contribution < -0.4 is 15.7 Å². The molecule has 190 valence electrons. The summed E-state index contributed by atoms with van der Waals surface area (Å²) in [5.74, 6) is -4.40. The number of hydrogen-bond donors (Lipinski definition) is 4. The predicted octanol–water partition coefficient (Wildman–Crippen LogP) is 3.58. The number of benzene rings is 3. The predicted molar refractivity (Wildman–Crippen MR) is 136 cm³/mol. The molecule has 0 amide bonds. The highest BCUT2D eigenvalue weighted by molar-refractivity contribution is 5.94. The molecule has 10 nitrogen and oxygen atoms in total. The van der Waals surface area contributed by atoms with Gasteiger partial charge in [-0.15, -0.1) is 0 Å². The molecular formula is C28H19NO9. The minimum Gasteiger partial charge on any atom is -0.507 e. The van der Waals surface area contributed by atoms with Crippen molar-refractivity contribution in [1.82, 2.24) is 4.57 Å². The molecule has 10 heteroatoms. The molecule has 0 radical (unpaired) electrons. The number of rotatable bonds is 2. The van der Waals surface area contributed by atoms with Crippen molar-refractivity contribution < 1.29 is 34.4 Å². The van der Waals surface area contributed by atoms with Gasteiger partial charge in [-0.2, -0.15) is 0 Å². The number of nitrogens with zero attached hydrogens (tertiary/aromatic N) is 1. The molecule has 38 heavy (non-hydrogen) atoms. The van der Waals surface area contributed by atoms with Crippen LogP contribution in [0.25, 0.3) is 33.2 Å². The zero-order valence-corrected chi connectivity index (χ0v) is 19.8. The summed E-state index contributed by atoms with van der Waals surface area (Å²) >= 11 is 0. The number of hydrogen-bond acceptors (Lipinski definition) is 9. The molecule has 0 aliphatic carbocycles. The van der Waals surface area contributed by atoms with E-state index >= 15 is 0 Å². The number of esters is 1. The van der Waals surface area contributed by atoms with Crippen LogP contribution in [0, 0.1) is 0 Å². The van der Waals surface area contributed by atoms with Crippen molar-refractivity contribution in [3.8, 4) is 40.1 Å². The van der Waals surface area contributed by atoms with Crippen LogP contribution in [-0.4, -0.2) is 31.0 Å². The van der Waals surface area contributed by atoms with Gasteiger partial charge in [0.15, 0.2) is 17.3 Å². The highest BCUT2D eigenvalue weighted by Gasteiger charge is 2.36. The van der Waals surface area contributed by atoms with Crippen LogP contribution in [-0.2, 0) is 11.8 Å². The third-order valence-corrected chi connectivity index (χ3v) is 6.84. The SMILES string of the molecule is Cn1c(=O)c(C2CC(=O)Oc3cc(O)c4c(=O)c(O)c(-c5ccc(O)c(O)c5)oc4c32)cc2ccccc21. The van der Waals surface area contributed by atoms with Gasteiger partial charge in [-0.05, 0) is 35.7 Å². The van der Waals surface area contributed by atoms with Crippen molar-refractivity contribution in [1.29, 1.82) is 0 Å². The summed E-state index contributed by atoms with van der Waals surface area (Å²) in [6, 6.07) is 13.5. The average Bonchev–Trinajstić information content (AvgIpc) is 2.89. The summed E-state index contributed by atoms with van der Waals surface area (Å²) < 4.78 is 12.8. The number of aromatic nitrogens is 1. The molecule has 1 atom stereocenters. The number of carbonyl (C=O) groups excluding carboxylic acids is 1. The maximum Gasteiger partial charge on any atom is 0.312 e. The van der Waals surface area contributed by atoms with Gasteiger partial charge in [0.2, 0.25) is 11.2 Å². The summed E-state index contributed by atoms with van der Waals surface area (Å²) in [6.07, 6.45) is -0.250. The van der Waals surface area contributed by atoms with Crippen molar-refractivity contribution in [3.63, 3.8) is 0 Å². The van der Waals surface area contributed by atoms with Gasteiger partial charge < -0.3 is 34.1 Å². The zero-order chi connectivity index (χ0) is 26.9. The van der Waals surface area contributed by atoms with Gasteiger partial charge in [0.05, 0.1) is 11.9 Å². The molecule has 2 aromatic heterocycles. The van der Waals surface area contributed by atoms with Crippen LogP contribution in [0.5, 0.6) is 28.7 Å². The highest BCUT2D eigenvalue weighted by Crippen LogP contribution is 2.47. The lowest BCUT2D eigenvalue weighted by Gasteiger charge is -2.26. The molecule has 3 aromatic carbocycles. The molecule has 1 unspecified atom stereocenters. The Labute approximate surface area is 212 Å². The number of phenols is 3. The van der Waals surface area contributed by atoms with Gasteiger partial charge in [-0.1, -0.05) is 18.2 Å². The first-order chi connectivity index (χ1) is 18.2. The standard InChI is InChI=1S/C28H19NO9/c1-29-16-5-3-2-4-12(16)8-15(28(29)36)14-10-21(33)37-20-11-19(32)23-24(34)25(35)26(38-27(23)22(14)20)13-6-7-17(30)18(31)9-13/h2-9,11,14,30-32,35H,10H2,1H3. The first-order valence-corrected chi connectivity index (χ1v) is 11.5. The molecule has 0 saturated heterocycles. The largest absolute Gasteiger partial charge is 0.507 e. The topological polar surface area (TPSA) is 159 Å². The summed E-state index contributed by atoms with van der Waals surface area (Å²) in [6.45, 7) is 0. The van der Waals surface area contributed by atoms with Crippen LogP contribution in [0.2, 0.25) is 0 Å². The molecule has 0 saturated carbocycles. The van der Waals surface area contributed by atoms with E-state index in [1.54, 1.807) is 25.2 Å². The minimum atomic E-state index is -0.976. The summed E-state index contributed by atoms with van der Waals surface area (Å²) in [7, 11) is 1.61. The number of aryl methyl sites for hydroxylation is 1. The average molecular weight is 513 g/mol. The number of pyridine rings is 1. The van der Waals surface area contributed by atoms with Crippen molar-refractivity contribution in [2.75, 3.05) is 0 Å². The van der Waals surface area contributed by atoms with E-state index in [-0.39, 0.29) is 51.1 Å². The molecule has 0 bridgehead atoms. The highest BCUT2D eigenvalue weighted by atomic mass is 16.5. The lowest BCUT2D eigenvalue weighted by Crippen LogP contribution is -2.29. The van der Waals surface area contributed by atoms with Crippen LogP contribution in [0.15, 0.2) is 68.6 Å². The third kappa shape index (κ3) is 3.30. The Morgan fingerprint density at radius 2 is 1.66 bits per heavy atom. The Hall–Kier alpha value is -5.25. The van der Waals surface area contributed by atoms with Gasteiger partial charge in [-0.3, -0.25) is 14.4 Å². The van der Waals surface area contributed by atoms with Gasteiger partial charge in [-0.25, -0.2) is 0 Å². The maximum atomic E-state index is 13.5. The van der Waals surface area contributed by atoms with Crippen molar-refractivity contribution in [3.05, 3.63) is 86.3 Å². The normalized spacial score (nSPS) is 15.0. The number of fused-ring (bicyclic) bond motifs is 4. The maximum absolute atomic E-state index is 13.5. The van der Waals surface area contributed by atoms with Crippen LogP contribution in [0.4, 0.5) is 0 Å². The van der Waals surface area contributed by atoms with E-state index in [1.165, 1.54) is 10.6 Å². The molecule has 1 aliphatic heterocycles. The molecule has 6 rings (SSSR count). The second-order valence-corrected chi connectivity index (χ2v) is 9.08. The lowest BCUT2D eigenvalue weighted by molar-refractivity contribution is -0.135. The molecular weight excluding hydrogens is 494 g/mol. The van der Waals surface area contributed by atoms with E-state index in [1.807, 2.05) is 12.1 Å². The molecule has 0 fully saturated rings. The quantitative estimate of drug-likeness (QED) is 0.157. The Morgan fingerprint density at radius 3 is 2.42 bits per heavy atom. The van der Waals surface area contributed by atoms with Crippen molar-refractivity contribution >= 4 is 27.8 Å². The third-order valence-electron chi connectivity index (χ3n) is 6.84. The Morgan fingerprint density at radius 1 is 0.895 bits per heavy atom. The van der Waals surface area contributed by atoms with Crippen LogP contribution >= 0.6 is 0 Å². The monoisotopic (exact) mass is 513 g/mol. The molecule has 3 heterocycles. The summed E-state index contributed by atoms with van der Waals surface area (Å²) in [5.41, 5.74) is -0.391. The first kappa shape index (κ1) is 23.2. The van der Waals surface area contributed by atoms with E-state index in [2.05, 4.69) is 0 Å². The van der Waals surface area contributed by atoms with Crippen LogP contribution in [0.3, 0.4) is 0 Å². The molecule has 1 aliphatic rings. The van der Waals surface area contributed by atoms with Crippen molar-refractivity contribution in [2.45, 2.75) is 12.3 Å². The first-order valence-electron chi connectivity index (χ1n) is 11.5. The number of ether oxygens (including phenoxy) is 1. The Balaban J connectivity index is 1.71. The lowest BCUT2D eigenvalue weighted by atomic mass is 9.85. The summed E-state index contributed by atoms with van der Waals surface area (Å²) in [4.78, 5) is 39.3. The number of carbonyl (C=O) groups is 1. The van der Waals surface area contributed by atoms with Gasteiger partial charge >= 0.3 is 5.97 Å². The van der Waals surface area contributed by atoms with Crippen LogP contribution in [0.1, 0.15) is 23.5 Å². The smallest absolute Gasteiger partial charge is 0.312 e. The molecule has 5 aromatic rings. The minimum absolute atomic E-state index is 0.0554. The van der Waals surface area contributed by atoms with Gasteiger partial charge in [0.25, 0.3) is 5.56 Å². The fraction of sp³-hybridized carbons (Fsp3) is 0.107. The summed E-state index contributed by atoms with van der Waals surface area (Å²) in [5, 5.41) is 41.3. The second kappa shape index (κ2) is 8.13. The van der Waals surface area contributed by atoms with Gasteiger partial charge in [0.1, 0.15) is 22.5 Å². The number of aromatic hydroxyl groups is 4. The van der Waals surface area contributed by atoms with E-state index in [0.717, 1.165) is 23.6 Å². The zero-order valence-electron chi connectivity index (χ0n) is 19.8. The molecule has 4 N–H and O–H groups in total. The van der Waals surface area contributed by atoms with E-state index < -0.39 is 40.3 Å². The Kier molecular flexibility index (Phi) is 4.96. The number of phenolic OH excluding ortho intramolecular Hbond substituents is 3. The fourth-order valence-electron chi connectivity index (χ4n) is 5.00.